The fourth-order valence-electron chi connectivity index (χ4n) is 2.08. The monoisotopic (exact) mass is 367 g/mol. The Balaban J connectivity index is 1.80. The normalized spacial score (nSPS) is 12.0. The molecule has 22 heavy (non-hydrogen) atoms. The number of benzene rings is 2. The summed E-state index contributed by atoms with van der Waals surface area (Å²) >= 11 is 3.24. The van der Waals surface area contributed by atoms with Crippen LogP contribution in [0.15, 0.2) is 46.9 Å². The van der Waals surface area contributed by atoms with Crippen LogP contribution in [0.25, 0.3) is 0 Å². The van der Waals surface area contributed by atoms with Crippen LogP contribution in [-0.4, -0.2) is 20.3 Å². The van der Waals surface area contributed by atoms with Crippen LogP contribution in [0.3, 0.4) is 0 Å². The molecule has 118 valence electrons. The Morgan fingerprint density at radius 1 is 1.18 bits per heavy atom. The standard InChI is InChI=1S/C17H19BrFNO2/c1-12(13-4-3-5-16(8-13)21-2)20-6-7-22-17-10-14(18)9-15(19)11-17/h3-5,8-12,20H,6-7H2,1-2H3. The van der Waals surface area contributed by atoms with E-state index in [-0.39, 0.29) is 11.9 Å². The lowest BCUT2D eigenvalue weighted by Gasteiger charge is -2.15. The van der Waals surface area contributed by atoms with Gasteiger partial charge in [0.2, 0.25) is 0 Å². The van der Waals surface area contributed by atoms with Crippen molar-refractivity contribution < 1.29 is 13.9 Å². The molecule has 2 aromatic carbocycles. The third kappa shape index (κ3) is 5.00. The quantitative estimate of drug-likeness (QED) is 0.738. The van der Waals surface area contributed by atoms with Crippen molar-refractivity contribution in [3.63, 3.8) is 0 Å². The number of ether oxygens (including phenoxy) is 2. The Labute approximate surface area is 138 Å². The molecule has 0 bridgehead atoms. The zero-order valence-electron chi connectivity index (χ0n) is 12.6. The van der Waals surface area contributed by atoms with E-state index in [1.807, 2.05) is 24.3 Å². The minimum atomic E-state index is -0.318. The van der Waals surface area contributed by atoms with Crippen LogP contribution >= 0.6 is 15.9 Å². The number of halogens is 2. The Hall–Kier alpha value is -1.59. The highest BCUT2D eigenvalue weighted by molar-refractivity contribution is 9.10. The van der Waals surface area contributed by atoms with E-state index in [0.29, 0.717) is 23.4 Å². The highest BCUT2D eigenvalue weighted by Gasteiger charge is 2.06. The largest absolute Gasteiger partial charge is 0.497 e. The van der Waals surface area contributed by atoms with Crippen LogP contribution in [0.5, 0.6) is 11.5 Å². The SMILES string of the molecule is COc1cccc(C(C)NCCOc2cc(F)cc(Br)c2)c1. The highest BCUT2D eigenvalue weighted by atomic mass is 79.9. The lowest BCUT2D eigenvalue weighted by molar-refractivity contribution is 0.306. The summed E-state index contributed by atoms with van der Waals surface area (Å²) in [6.45, 7) is 3.20. The second kappa shape index (κ2) is 8.15. The lowest BCUT2D eigenvalue weighted by atomic mass is 10.1. The second-order valence-electron chi connectivity index (χ2n) is 4.91. The number of nitrogens with one attached hydrogen (secondary N) is 1. The summed E-state index contributed by atoms with van der Waals surface area (Å²) in [7, 11) is 1.65. The molecule has 0 amide bonds. The van der Waals surface area contributed by atoms with E-state index in [2.05, 4.69) is 28.2 Å². The van der Waals surface area contributed by atoms with Gasteiger partial charge >= 0.3 is 0 Å². The van der Waals surface area contributed by atoms with Crippen LogP contribution in [-0.2, 0) is 0 Å². The van der Waals surface area contributed by atoms with E-state index in [1.54, 1.807) is 13.2 Å². The van der Waals surface area contributed by atoms with Crippen LogP contribution in [0.4, 0.5) is 4.39 Å². The van der Waals surface area contributed by atoms with Crippen LogP contribution in [0.2, 0.25) is 0 Å². The Morgan fingerprint density at radius 3 is 2.73 bits per heavy atom. The summed E-state index contributed by atoms with van der Waals surface area (Å²) < 4.78 is 24.6. The zero-order valence-corrected chi connectivity index (χ0v) is 14.2. The van der Waals surface area contributed by atoms with Crippen molar-refractivity contribution in [1.29, 1.82) is 0 Å². The van der Waals surface area contributed by atoms with Gasteiger partial charge in [0.1, 0.15) is 23.9 Å². The lowest BCUT2D eigenvalue weighted by Crippen LogP contribution is -2.24. The molecular weight excluding hydrogens is 349 g/mol. The first-order valence-corrected chi connectivity index (χ1v) is 7.84. The van der Waals surface area contributed by atoms with Crippen molar-refractivity contribution in [3.8, 4) is 11.5 Å². The second-order valence-corrected chi connectivity index (χ2v) is 5.82. The first kappa shape index (κ1) is 16.8. The summed E-state index contributed by atoms with van der Waals surface area (Å²) in [4.78, 5) is 0. The van der Waals surface area contributed by atoms with Gasteiger partial charge in [-0.3, -0.25) is 0 Å². The van der Waals surface area contributed by atoms with Gasteiger partial charge in [-0.1, -0.05) is 28.1 Å². The smallest absolute Gasteiger partial charge is 0.128 e. The molecule has 0 saturated heterocycles. The predicted octanol–water partition coefficient (Wildman–Crippen LogP) is 4.33. The van der Waals surface area contributed by atoms with Crippen LogP contribution in [0.1, 0.15) is 18.5 Å². The highest BCUT2D eigenvalue weighted by Crippen LogP contribution is 2.21. The molecule has 1 N–H and O–H groups in total. The maximum absolute atomic E-state index is 13.2. The summed E-state index contributed by atoms with van der Waals surface area (Å²) in [5, 5.41) is 3.36. The summed E-state index contributed by atoms with van der Waals surface area (Å²) in [5.41, 5.74) is 1.15. The average molecular weight is 368 g/mol. The molecule has 0 fully saturated rings. The van der Waals surface area contributed by atoms with Gasteiger partial charge in [-0.2, -0.15) is 0 Å². The first-order chi connectivity index (χ1) is 10.6. The summed E-state index contributed by atoms with van der Waals surface area (Å²) in [6.07, 6.45) is 0. The molecule has 0 heterocycles. The van der Waals surface area contributed by atoms with E-state index < -0.39 is 0 Å². The van der Waals surface area contributed by atoms with Crippen LogP contribution < -0.4 is 14.8 Å². The maximum Gasteiger partial charge on any atom is 0.128 e. The van der Waals surface area contributed by atoms with E-state index in [4.69, 9.17) is 9.47 Å². The van der Waals surface area contributed by atoms with Crippen molar-refractivity contribution in [2.24, 2.45) is 0 Å². The van der Waals surface area contributed by atoms with Gasteiger partial charge in [0.25, 0.3) is 0 Å². The van der Waals surface area contributed by atoms with Crippen molar-refractivity contribution in [3.05, 3.63) is 58.3 Å². The molecule has 0 radical (unpaired) electrons. The van der Waals surface area contributed by atoms with Gasteiger partial charge in [-0.15, -0.1) is 0 Å². The van der Waals surface area contributed by atoms with Gasteiger partial charge in [0.15, 0.2) is 0 Å². The molecule has 0 aromatic heterocycles. The predicted molar refractivity (Wildman–Crippen MR) is 89.0 cm³/mol. The van der Waals surface area contributed by atoms with Gasteiger partial charge in [0, 0.05) is 23.1 Å². The van der Waals surface area contributed by atoms with Gasteiger partial charge in [-0.05, 0) is 36.8 Å². The minimum absolute atomic E-state index is 0.179. The molecule has 0 aliphatic heterocycles. The van der Waals surface area contributed by atoms with Crippen molar-refractivity contribution >= 4 is 15.9 Å². The first-order valence-electron chi connectivity index (χ1n) is 7.04. The Morgan fingerprint density at radius 2 is 2.00 bits per heavy atom. The third-order valence-corrected chi connectivity index (χ3v) is 3.71. The number of methoxy groups -OCH3 is 1. The molecule has 3 nitrogen and oxygen atoms in total. The molecule has 1 unspecified atom stereocenters. The molecule has 0 aliphatic rings. The van der Waals surface area contributed by atoms with E-state index >= 15 is 0 Å². The minimum Gasteiger partial charge on any atom is -0.497 e. The van der Waals surface area contributed by atoms with E-state index in [9.17, 15) is 4.39 Å². The fraction of sp³-hybridized carbons (Fsp3) is 0.294. The average Bonchev–Trinajstić information content (AvgIpc) is 2.50. The maximum atomic E-state index is 13.2. The molecule has 1 atom stereocenters. The van der Waals surface area contributed by atoms with Crippen molar-refractivity contribution in [1.82, 2.24) is 5.32 Å². The molecule has 2 rings (SSSR count). The molecule has 0 saturated carbocycles. The van der Waals surface area contributed by atoms with Gasteiger partial charge in [-0.25, -0.2) is 4.39 Å². The topological polar surface area (TPSA) is 30.5 Å². The summed E-state index contributed by atoms with van der Waals surface area (Å²) in [5.74, 6) is 1.04. The van der Waals surface area contributed by atoms with Crippen LogP contribution in [0, 0.1) is 5.82 Å². The fourth-order valence-corrected chi connectivity index (χ4v) is 2.53. The molecule has 0 aliphatic carbocycles. The number of hydrogen-bond acceptors (Lipinski definition) is 3. The summed E-state index contributed by atoms with van der Waals surface area (Å²) in [6, 6.07) is 12.6. The Kier molecular flexibility index (Phi) is 6.21. The van der Waals surface area contributed by atoms with Crippen molar-refractivity contribution in [2.45, 2.75) is 13.0 Å². The number of rotatable bonds is 7. The molecule has 5 heteroatoms. The number of hydrogen-bond donors (Lipinski definition) is 1. The molecule has 2 aromatic rings. The van der Waals surface area contributed by atoms with Gasteiger partial charge in [0.05, 0.1) is 7.11 Å². The Bertz CT molecular complexity index is 601. The van der Waals surface area contributed by atoms with Gasteiger partial charge < -0.3 is 14.8 Å². The van der Waals surface area contributed by atoms with Crippen molar-refractivity contribution in [2.75, 3.05) is 20.3 Å². The third-order valence-electron chi connectivity index (χ3n) is 3.25. The zero-order chi connectivity index (χ0) is 15.9. The van der Waals surface area contributed by atoms with E-state index in [0.717, 1.165) is 11.3 Å². The van der Waals surface area contributed by atoms with E-state index in [1.165, 1.54) is 12.1 Å². The molecular formula is C17H19BrFNO2. The molecule has 0 spiro atoms.